The molecule has 0 aliphatic heterocycles. The zero-order valence-corrected chi connectivity index (χ0v) is 13.8. The second-order valence-electron chi connectivity index (χ2n) is 6.81. The Labute approximate surface area is 130 Å². The van der Waals surface area contributed by atoms with Crippen LogP contribution in [0.5, 0.6) is 0 Å². The first-order chi connectivity index (χ1) is 10.2. The molecule has 1 aliphatic rings. The van der Waals surface area contributed by atoms with Gasteiger partial charge in [-0.2, -0.15) is 0 Å². The predicted octanol–water partition coefficient (Wildman–Crippen LogP) is 6.44. The Morgan fingerprint density at radius 3 is 2.29 bits per heavy atom. The van der Waals surface area contributed by atoms with Crippen LogP contribution in [-0.2, 0) is 6.42 Å². The second-order valence-corrected chi connectivity index (χ2v) is 6.81. The fraction of sp³-hybridized carbons (Fsp3) is 0.700. The van der Waals surface area contributed by atoms with Crippen LogP contribution in [0.15, 0.2) is 24.3 Å². The first-order valence-corrected chi connectivity index (χ1v) is 8.95. The van der Waals surface area contributed by atoms with Crippen LogP contribution >= 0.6 is 0 Å². The number of hydrogen-bond donors (Lipinski definition) is 0. The molecule has 1 aromatic rings. The number of hydrogen-bond acceptors (Lipinski definition) is 0. The summed E-state index contributed by atoms with van der Waals surface area (Å²) in [7, 11) is 0. The molecule has 0 saturated heterocycles. The lowest BCUT2D eigenvalue weighted by Crippen LogP contribution is -2.13. The van der Waals surface area contributed by atoms with Gasteiger partial charge in [-0.3, -0.25) is 0 Å². The maximum atomic E-state index is 13.4. The summed E-state index contributed by atoms with van der Waals surface area (Å²) in [5.41, 5.74) is 2.62. The number of benzene rings is 1. The molecule has 0 heterocycles. The summed E-state index contributed by atoms with van der Waals surface area (Å²) < 4.78 is 13.4. The van der Waals surface area contributed by atoms with Crippen LogP contribution in [0.1, 0.15) is 82.3 Å². The molecule has 0 amide bonds. The smallest absolute Gasteiger partial charge is 0.104 e. The lowest BCUT2D eigenvalue weighted by molar-refractivity contribution is 0.304. The van der Waals surface area contributed by atoms with Crippen molar-refractivity contribution in [1.82, 2.24) is 0 Å². The second kappa shape index (κ2) is 8.56. The predicted molar refractivity (Wildman–Crippen MR) is 89.6 cm³/mol. The average molecular weight is 290 g/mol. The van der Waals surface area contributed by atoms with E-state index in [-0.39, 0.29) is 0 Å². The number of rotatable bonds is 7. The van der Waals surface area contributed by atoms with Crippen molar-refractivity contribution in [2.45, 2.75) is 83.7 Å². The van der Waals surface area contributed by atoms with Gasteiger partial charge in [-0.25, -0.2) is 4.39 Å². The molecule has 0 radical (unpaired) electrons. The van der Waals surface area contributed by atoms with E-state index in [0.717, 1.165) is 17.4 Å². The highest BCUT2D eigenvalue weighted by molar-refractivity contribution is 5.26. The summed E-state index contributed by atoms with van der Waals surface area (Å²) in [6.07, 6.45) is 10.1. The maximum absolute atomic E-state index is 13.4. The van der Waals surface area contributed by atoms with Crippen molar-refractivity contribution in [3.8, 4) is 0 Å². The van der Waals surface area contributed by atoms with E-state index >= 15 is 0 Å². The van der Waals surface area contributed by atoms with Crippen LogP contribution in [0.25, 0.3) is 0 Å². The lowest BCUT2D eigenvalue weighted by atomic mass is 9.77. The Morgan fingerprint density at radius 2 is 1.71 bits per heavy atom. The first kappa shape index (κ1) is 16.5. The van der Waals surface area contributed by atoms with E-state index < -0.39 is 6.17 Å². The molecule has 0 spiro atoms. The highest BCUT2D eigenvalue weighted by Gasteiger charge is 2.21. The lowest BCUT2D eigenvalue weighted by Gasteiger charge is -2.29. The van der Waals surface area contributed by atoms with Gasteiger partial charge < -0.3 is 0 Å². The third-order valence-electron chi connectivity index (χ3n) is 5.16. The molecule has 1 atom stereocenters. The summed E-state index contributed by atoms with van der Waals surface area (Å²) in [4.78, 5) is 0. The average Bonchev–Trinajstić information content (AvgIpc) is 2.54. The minimum absolute atomic E-state index is 0.570. The minimum atomic E-state index is -0.690. The van der Waals surface area contributed by atoms with Crippen LogP contribution in [0, 0.1) is 5.92 Å². The topological polar surface area (TPSA) is 0 Å². The fourth-order valence-corrected chi connectivity index (χ4v) is 3.60. The SMILES string of the molecule is CCCCC1CCC(c2ccc(CC(F)CC)cc2)CC1. The molecule has 1 unspecified atom stereocenters. The van der Waals surface area contributed by atoms with Crippen molar-refractivity contribution >= 4 is 0 Å². The van der Waals surface area contributed by atoms with Gasteiger partial charge in [0.1, 0.15) is 6.17 Å². The van der Waals surface area contributed by atoms with Gasteiger partial charge in [0, 0.05) is 6.42 Å². The van der Waals surface area contributed by atoms with E-state index in [0.29, 0.717) is 12.8 Å². The van der Waals surface area contributed by atoms with E-state index in [1.807, 2.05) is 6.92 Å². The van der Waals surface area contributed by atoms with Crippen molar-refractivity contribution in [3.05, 3.63) is 35.4 Å². The van der Waals surface area contributed by atoms with Crippen LogP contribution in [-0.4, -0.2) is 6.17 Å². The molecule has 118 valence electrons. The fourth-order valence-electron chi connectivity index (χ4n) is 3.60. The largest absolute Gasteiger partial charge is 0.247 e. The Hall–Kier alpha value is -0.850. The quantitative estimate of drug-likeness (QED) is 0.542. The van der Waals surface area contributed by atoms with Gasteiger partial charge in [0.2, 0.25) is 0 Å². The number of halogens is 1. The van der Waals surface area contributed by atoms with Gasteiger partial charge in [0.15, 0.2) is 0 Å². The van der Waals surface area contributed by atoms with Crippen LogP contribution in [0.3, 0.4) is 0 Å². The molecule has 1 fully saturated rings. The summed E-state index contributed by atoms with van der Waals surface area (Å²) in [5.74, 6) is 1.71. The van der Waals surface area contributed by atoms with Crippen molar-refractivity contribution in [2.24, 2.45) is 5.92 Å². The highest BCUT2D eigenvalue weighted by Crippen LogP contribution is 2.37. The van der Waals surface area contributed by atoms with E-state index in [2.05, 4.69) is 31.2 Å². The zero-order valence-electron chi connectivity index (χ0n) is 13.8. The summed E-state index contributed by atoms with van der Waals surface area (Å²) >= 11 is 0. The molecule has 1 heteroatoms. The van der Waals surface area contributed by atoms with Gasteiger partial charge in [-0.1, -0.05) is 57.4 Å². The molecule has 1 aliphatic carbocycles. The summed E-state index contributed by atoms with van der Waals surface area (Å²) in [5, 5.41) is 0. The molecule has 0 N–H and O–H groups in total. The Kier molecular flexibility index (Phi) is 6.73. The maximum Gasteiger partial charge on any atom is 0.104 e. The van der Waals surface area contributed by atoms with Gasteiger partial charge >= 0.3 is 0 Å². The number of unbranched alkanes of at least 4 members (excludes halogenated alkanes) is 1. The van der Waals surface area contributed by atoms with Gasteiger partial charge in [0.05, 0.1) is 0 Å². The standard InChI is InChI=1S/C20H31F/c1-3-5-6-16-7-11-18(12-8-16)19-13-9-17(10-14-19)15-20(21)4-2/h9-10,13-14,16,18,20H,3-8,11-12,15H2,1-2H3. The zero-order chi connectivity index (χ0) is 15.1. The van der Waals surface area contributed by atoms with Crippen LogP contribution in [0.4, 0.5) is 4.39 Å². The van der Waals surface area contributed by atoms with Crippen molar-refractivity contribution < 1.29 is 4.39 Å². The van der Waals surface area contributed by atoms with Crippen molar-refractivity contribution in [2.75, 3.05) is 0 Å². The van der Waals surface area contributed by atoms with E-state index in [1.165, 1.54) is 50.5 Å². The summed E-state index contributed by atoms with van der Waals surface area (Å²) in [6.45, 7) is 4.20. The van der Waals surface area contributed by atoms with Crippen LogP contribution in [0.2, 0.25) is 0 Å². The van der Waals surface area contributed by atoms with E-state index in [1.54, 1.807) is 0 Å². The Balaban J connectivity index is 1.83. The molecule has 2 rings (SSSR count). The Bertz CT molecular complexity index is 387. The van der Waals surface area contributed by atoms with Gasteiger partial charge in [-0.15, -0.1) is 0 Å². The molecule has 0 nitrogen and oxygen atoms in total. The molecule has 1 aromatic carbocycles. The van der Waals surface area contributed by atoms with E-state index in [4.69, 9.17) is 0 Å². The van der Waals surface area contributed by atoms with Gasteiger partial charge in [-0.05, 0) is 55.1 Å². The molecule has 0 aromatic heterocycles. The normalized spacial score (nSPS) is 24.0. The third-order valence-corrected chi connectivity index (χ3v) is 5.16. The first-order valence-electron chi connectivity index (χ1n) is 8.95. The van der Waals surface area contributed by atoms with Crippen molar-refractivity contribution in [3.63, 3.8) is 0 Å². The third kappa shape index (κ3) is 5.13. The van der Waals surface area contributed by atoms with Crippen molar-refractivity contribution in [1.29, 1.82) is 0 Å². The molecule has 0 bridgehead atoms. The Morgan fingerprint density at radius 1 is 1.05 bits per heavy atom. The van der Waals surface area contributed by atoms with Gasteiger partial charge in [0.25, 0.3) is 0 Å². The minimum Gasteiger partial charge on any atom is -0.247 e. The molecular weight excluding hydrogens is 259 g/mol. The molecular formula is C20H31F. The van der Waals surface area contributed by atoms with E-state index in [9.17, 15) is 4.39 Å². The monoisotopic (exact) mass is 290 g/mol. The molecule has 1 saturated carbocycles. The number of alkyl halides is 1. The van der Waals surface area contributed by atoms with Crippen LogP contribution < -0.4 is 0 Å². The molecule has 21 heavy (non-hydrogen) atoms. The highest BCUT2D eigenvalue weighted by atomic mass is 19.1. The summed E-state index contributed by atoms with van der Waals surface area (Å²) in [6, 6.07) is 8.77.